The van der Waals surface area contributed by atoms with Gasteiger partial charge in [0.1, 0.15) is 6.04 Å². The molecule has 6 nitrogen and oxygen atoms in total. The lowest BCUT2D eigenvalue weighted by molar-refractivity contribution is -0.118. The number of benzene rings is 3. The molecule has 0 spiro atoms. The summed E-state index contributed by atoms with van der Waals surface area (Å²) >= 11 is 5.97. The Hall–Kier alpha value is -3.35. The van der Waals surface area contributed by atoms with Crippen LogP contribution >= 0.6 is 11.6 Å². The first-order chi connectivity index (χ1) is 16.6. The molecule has 34 heavy (non-hydrogen) atoms. The molecule has 1 aliphatic heterocycles. The molecule has 1 fully saturated rings. The van der Waals surface area contributed by atoms with Crippen LogP contribution in [0.4, 0.5) is 10.5 Å². The van der Waals surface area contributed by atoms with Crippen LogP contribution < -0.4 is 16.0 Å². The van der Waals surface area contributed by atoms with Crippen LogP contribution in [0.2, 0.25) is 5.02 Å². The molecule has 1 unspecified atom stereocenters. The van der Waals surface area contributed by atoms with Gasteiger partial charge in [0.15, 0.2) is 0 Å². The van der Waals surface area contributed by atoms with E-state index < -0.39 is 6.04 Å². The normalized spacial score (nSPS) is 15.3. The molecule has 3 N–H and O–H groups in total. The summed E-state index contributed by atoms with van der Waals surface area (Å²) in [5.41, 5.74) is 2.64. The average Bonchev–Trinajstić information content (AvgIpc) is 2.86. The Labute approximate surface area is 205 Å². The number of carbonyl (C=O) groups is 2. The van der Waals surface area contributed by atoms with E-state index in [0.29, 0.717) is 5.69 Å². The van der Waals surface area contributed by atoms with Crippen LogP contribution in [0.3, 0.4) is 0 Å². The third kappa shape index (κ3) is 6.83. The maximum atomic E-state index is 13.0. The van der Waals surface area contributed by atoms with Gasteiger partial charge in [-0.05, 0) is 48.2 Å². The molecular formula is C27H29ClN4O2. The van der Waals surface area contributed by atoms with Crippen molar-refractivity contribution in [2.45, 2.75) is 31.5 Å². The number of likely N-dealkylation sites (tertiary alicyclic amines) is 1. The zero-order valence-corrected chi connectivity index (χ0v) is 19.7. The fraction of sp³-hybridized carbons (Fsp3) is 0.259. The molecule has 176 valence electrons. The number of halogens is 1. The first kappa shape index (κ1) is 23.8. The number of urea groups is 1. The second-order valence-corrected chi connectivity index (χ2v) is 8.93. The number of amides is 3. The summed E-state index contributed by atoms with van der Waals surface area (Å²) in [7, 11) is 0. The van der Waals surface area contributed by atoms with Gasteiger partial charge in [-0.2, -0.15) is 0 Å². The number of hydrogen-bond donors (Lipinski definition) is 3. The van der Waals surface area contributed by atoms with Gasteiger partial charge in [0.2, 0.25) is 0 Å². The van der Waals surface area contributed by atoms with Crippen LogP contribution in [0.15, 0.2) is 84.9 Å². The van der Waals surface area contributed by atoms with Crippen molar-refractivity contribution in [3.63, 3.8) is 0 Å². The number of piperidine rings is 1. The van der Waals surface area contributed by atoms with E-state index in [4.69, 9.17) is 11.6 Å². The van der Waals surface area contributed by atoms with Gasteiger partial charge in [0, 0.05) is 36.4 Å². The first-order valence-electron chi connectivity index (χ1n) is 11.5. The van der Waals surface area contributed by atoms with Gasteiger partial charge in [-0.25, -0.2) is 4.79 Å². The molecule has 3 aromatic carbocycles. The van der Waals surface area contributed by atoms with Crippen molar-refractivity contribution in [1.29, 1.82) is 0 Å². The van der Waals surface area contributed by atoms with Crippen LogP contribution in [0.1, 0.15) is 30.0 Å². The van der Waals surface area contributed by atoms with Crippen molar-refractivity contribution < 1.29 is 9.59 Å². The summed E-state index contributed by atoms with van der Waals surface area (Å²) in [5.74, 6) is -0.287. The fourth-order valence-corrected chi connectivity index (χ4v) is 4.25. The summed E-state index contributed by atoms with van der Waals surface area (Å²) in [4.78, 5) is 28.2. The highest BCUT2D eigenvalue weighted by molar-refractivity contribution is 6.30. The van der Waals surface area contributed by atoms with Crippen molar-refractivity contribution in [1.82, 2.24) is 15.5 Å². The van der Waals surface area contributed by atoms with Crippen LogP contribution in [0.5, 0.6) is 0 Å². The number of anilines is 1. The number of nitrogens with zero attached hydrogens (tertiary/aromatic N) is 1. The first-order valence-corrected chi connectivity index (χ1v) is 11.9. The summed E-state index contributed by atoms with van der Waals surface area (Å²) in [6, 6.07) is 25.3. The van der Waals surface area contributed by atoms with Crippen LogP contribution in [-0.2, 0) is 11.3 Å². The maximum absolute atomic E-state index is 13.0. The molecule has 0 aromatic heterocycles. The summed E-state index contributed by atoms with van der Waals surface area (Å²) in [5, 5.41) is 9.55. The monoisotopic (exact) mass is 476 g/mol. The van der Waals surface area contributed by atoms with Gasteiger partial charge in [0.05, 0.1) is 0 Å². The van der Waals surface area contributed by atoms with E-state index in [1.54, 1.807) is 0 Å². The molecule has 3 amide bonds. The summed E-state index contributed by atoms with van der Waals surface area (Å²) in [6.45, 7) is 2.65. The van der Waals surface area contributed by atoms with Crippen LogP contribution in [-0.4, -0.2) is 36.0 Å². The quantitative estimate of drug-likeness (QED) is 0.450. The molecule has 0 radical (unpaired) electrons. The highest BCUT2D eigenvalue weighted by Crippen LogP contribution is 2.18. The topological polar surface area (TPSA) is 73.5 Å². The molecule has 1 atom stereocenters. The molecule has 7 heteroatoms. The van der Waals surface area contributed by atoms with Crippen LogP contribution in [0, 0.1) is 0 Å². The molecule has 0 aliphatic carbocycles. The third-order valence-corrected chi connectivity index (χ3v) is 6.21. The number of carbonyl (C=O) groups excluding carboxylic acids is 2. The average molecular weight is 477 g/mol. The Morgan fingerprint density at radius 3 is 2.15 bits per heavy atom. The highest BCUT2D eigenvalue weighted by Gasteiger charge is 2.25. The Morgan fingerprint density at radius 2 is 1.50 bits per heavy atom. The number of nitrogens with one attached hydrogen (secondary N) is 3. The molecule has 4 rings (SSSR count). The smallest absolute Gasteiger partial charge is 0.315 e. The van der Waals surface area contributed by atoms with Crippen LogP contribution in [0.25, 0.3) is 0 Å². The molecule has 0 bridgehead atoms. The van der Waals surface area contributed by atoms with Crippen molar-refractivity contribution in [2.24, 2.45) is 0 Å². The van der Waals surface area contributed by atoms with Crippen molar-refractivity contribution in [3.05, 3.63) is 101 Å². The maximum Gasteiger partial charge on any atom is 0.315 e. The van der Waals surface area contributed by atoms with Gasteiger partial charge < -0.3 is 16.0 Å². The van der Waals surface area contributed by atoms with Crippen molar-refractivity contribution >= 4 is 29.2 Å². The largest absolute Gasteiger partial charge is 0.335 e. The molecule has 1 heterocycles. The standard InChI is InChI=1S/C27H29ClN4O2/c28-22-13-11-20(12-14-22)19-32-17-15-24(16-18-32)30-27(34)31-25(21-7-3-1-4-8-21)26(33)29-23-9-5-2-6-10-23/h1-14,24-25H,15-19H2,(H,29,33)(H2,30,31,34). The van der Waals surface area contributed by atoms with Crippen molar-refractivity contribution in [2.75, 3.05) is 18.4 Å². The molecule has 1 aliphatic rings. The van der Waals surface area contributed by atoms with E-state index >= 15 is 0 Å². The fourth-order valence-electron chi connectivity index (χ4n) is 4.12. The Balaban J connectivity index is 1.31. The van der Waals surface area contributed by atoms with E-state index in [1.807, 2.05) is 84.9 Å². The second kappa shape index (κ2) is 11.7. The minimum absolute atomic E-state index is 0.0649. The lowest BCUT2D eigenvalue weighted by Gasteiger charge is -2.32. The molecule has 3 aromatic rings. The highest BCUT2D eigenvalue weighted by atomic mass is 35.5. The second-order valence-electron chi connectivity index (χ2n) is 8.49. The lowest BCUT2D eigenvalue weighted by atomic mass is 10.0. The predicted octanol–water partition coefficient (Wildman–Crippen LogP) is 4.98. The SMILES string of the molecule is O=C(NC1CCN(Cc2ccc(Cl)cc2)CC1)NC(C(=O)Nc1ccccc1)c1ccccc1. The van der Waals surface area contributed by atoms with E-state index in [1.165, 1.54) is 5.56 Å². The number of para-hydroxylation sites is 1. The number of rotatable bonds is 7. The molecular weight excluding hydrogens is 448 g/mol. The van der Waals surface area contributed by atoms with Gasteiger partial charge in [-0.1, -0.05) is 72.3 Å². The van der Waals surface area contributed by atoms with Gasteiger partial charge in [-0.15, -0.1) is 0 Å². The minimum Gasteiger partial charge on any atom is -0.335 e. The predicted molar refractivity (Wildman–Crippen MR) is 136 cm³/mol. The van der Waals surface area contributed by atoms with E-state index in [2.05, 4.69) is 20.9 Å². The third-order valence-electron chi connectivity index (χ3n) is 5.95. The zero-order valence-electron chi connectivity index (χ0n) is 18.9. The number of hydrogen-bond acceptors (Lipinski definition) is 3. The Bertz CT molecular complexity index is 1070. The van der Waals surface area contributed by atoms with E-state index in [-0.39, 0.29) is 18.0 Å². The zero-order chi connectivity index (χ0) is 23.8. The van der Waals surface area contributed by atoms with Gasteiger partial charge in [0.25, 0.3) is 5.91 Å². The van der Waals surface area contributed by atoms with Crippen molar-refractivity contribution in [3.8, 4) is 0 Å². The van der Waals surface area contributed by atoms with E-state index in [9.17, 15) is 9.59 Å². The molecule has 1 saturated heterocycles. The Kier molecular flexibility index (Phi) is 8.17. The lowest BCUT2D eigenvalue weighted by Crippen LogP contribution is -2.49. The summed E-state index contributed by atoms with van der Waals surface area (Å²) in [6.07, 6.45) is 1.71. The van der Waals surface area contributed by atoms with Gasteiger partial charge >= 0.3 is 6.03 Å². The van der Waals surface area contributed by atoms with E-state index in [0.717, 1.165) is 43.1 Å². The minimum atomic E-state index is -0.800. The van der Waals surface area contributed by atoms with Gasteiger partial charge in [-0.3, -0.25) is 9.69 Å². The molecule has 0 saturated carbocycles. The Morgan fingerprint density at radius 1 is 0.882 bits per heavy atom. The summed E-state index contributed by atoms with van der Waals surface area (Å²) < 4.78 is 0.